The number of ether oxygens (including phenoxy) is 2. The largest absolute Gasteiger partial charge is 0.497 e. The minimum atomic E-state index is -0.646. The molecule has 0 aromatic heterocycles. The molecule has 0 saturated carbocycles. The van der Waals surface area contributed by atoms with E-state index in [0.717, 1.165) is 56.6 Å². The van der Waals surface area contributed by atoms with Gasteiger partial charge in [-0.1, -0.05) is 61.9 Å². The molecule has 4 nitrogen and oxygen atoms in total. The van der Waals surface area contributed by atoms with E-state index in [4.69, 9.17) is 9.47 Å². The number of hydrogen-bond donors (Lipinski definition) is 0. The molecule has 0 radical (unpaired) electrons. The van der Waals surface area contributed by atoms with E-state index in [1.54, 1.807) is 7.11 Å². The molecule has 1 aliphatic rings. The summed E-state index contributed by atoms with van der Waals surface area (Å²) < 4.78 is 10.6. The van der Waals surface area contributed by atoms with E-state index in [-0.39, 0.29) is 11.9 Å². The fourth-order valence-corrected chi connectivity index (χ4v) is 5.05. The van der Waals surface area contributed by atoms with Crippen molar-refractivity contribution in [1.29, 1.82) is 0 Å². The molecule has 0 N–H and O–H groups in total. The molecule has 1 heterocycles. The van der Waals surface area contributed by atoms with E-state index in [9.17, 15) is 4.79 Å². The number of esters is 1. The number of benzene rings is 2. The highest BCUT2D eigenvalue weighted by Gasteiger charge is 2.44. The van der Waals surface area contributed by atoms with Gasteiger partial charge in [0.05, 0.1) is 19.6 Å². The van der Waals surface area contributed by atoms with E-state index < -0.39 is 5.41 Å². The molecule has 4 heteroatoms. The molecule has 1 atom stereocenters. The van der Waals surface area contributed by atoms with Crippen LogP contribution in [-0.2, 0) is 14.9 Å². The fraction of sp³-hybridized carbons (Fsp3) is 0.483. The van der Waals surface area contributed by atoms with E-state index in [2.05, 4.69) is 56.0 Å². The van der Waals surface area contributed by atoms with E-state index in [0.29, 0.717) is 0 Å². The third-order valence-electron chi connectivity index (χ3n) is 7.23. The normalized spacial score (nSPS) is 16.4. The maximum Gasteiger partial charge on any atom is 0.316 e. The summed E-state index contributed by atoms with van der Waals surface area (Å²) in [5, 5.41) is 0. The Balaban J connectivity index is 1.63. The highest BCUT2D eigenvalue weighted by Crippen LogP contribution is 2.39. The second kappa shape index (κ2) is 11.5. The Hall–Kier alpha value is -2.59. The van der Waals surface area contributed by atoms with Crippen LogP contribution in [0.3, 0.4) is 0 Å². The zero-order valence-electron chi connectivity index (χ0n) is 20.9. The monoisotopic (exact) mass is 449 g/mol. The summed E-state index contributed by atoms with van der Waals surface area (Å²) in [6.45, 7) is 9.56. The SMILES string of the molecule is COC(=O)C(CCCN1CCC(=Cc2ccccc2C)CC1)(c1ccc(OC)cc1)C(C)C. The van der Waals surface area contributed by atoms with Gasteiger partial charge in [-0.25, -0.2) is 0 Å². The van der Waals surface area contributed by atoms with Gasteiger partial charge in [0.1, 0.15) is 5.75 Å². The van der Waals surface area contributed by atoms with Crippen molar-refractivity contribution in [2.45, 2.75) is 51.9 Å². The smallest absolute Gasteiger partial charge is 0.316 e. The quantitative estimate of drug-likeness (QED) is 0.438. The first-order valence-electron chi connectivity index (χ1n) is 12.1. The summed E-state index contributed by atoms with van der Waals surface area (Å²) in [5.74, 6) is 0.775. The number of piperidine rings is 1. The highest BCUT2D eigenvalue weighted by atomic mass is 16.5. The number of methoxy groups -OCH3 is 2. The molecule has 2 aromatic carbocycles. The van der Waals surface area contributed by atoms with Crippen molar-refractivity contribution in [3.05, 3.63) is 70.8 Å². The van der Waals surface area contributed by atoms with Crippen LogP contribution in [0.2, 0.25) is 0 Å². The maximum absolute atomic E-state index is 13.1. The molecular formula is C29H39NO3. The number of carbonyl (C=O) groups excluding carboxylic acids is 1. The predicted molar refractivity (Wildman–Crippen MR) is 136 cm³/mol. The molecule has 33 heavy (non-hydrogen) atoms. The van der Waals surface area contributed by atoms with Crippen LogP contribution in [0.4, 0.5) is 0 Å². The average molecular weight is 450 g/mol. The van der Waals surface area contributed by atoms with Gasteiger partial charge in [0.25, 0.3) is 0 Å². The molecule has 1 unspecified atom stereocenters. The second-order valence-electron chi connectivity index (χ2n) is 9.45. The minimum Gasteiger partial charge on any atom is -0.497 e. The second-order valence-corrected chi connectivity index (χ2v) is 9.45. The van der Waals surface area contributed by atoms with Gasteiger partial charge in [-0.3, -0.25) is 4.79 Å². The van der Waals surface area contributed by atoms with Crippen LogP contribution < -0.4 is 4.74 Å². The van der Waals surface area contributed by atoms with Crippen LogP contribution in [0.1, 0.15) is 56.2 Å². The Kier molecular flexibility index (Phi) is 8.74. The minimum absolute atomic E-state index is 0.128. The van der Waals surface area contributed by atoms with Crippen molar-refractivity contribution in [2.75, 3.05) is 33.9 Å². The summed E-state index contributed by atoms with van der Waals surface area (Å²) in [6.07, 6.45) is 6.32. The molecule has 1 fully saturated rings. The topological polar surface area (TPSA) is 38.8 Å². The van der Waals surface area contributed by atoms with Gasteiger partial charge in [0.15, 0.2) is 0 Å². The Morgan fingerprint density at radius 2 is 1.73 bits per heavy atom. The van der Waals surface area contributed by atoms with Gasteiger partial charge >= 0.3 is 5.97 Å². The van der Waals surface area contributed by atoms with Crippen LogP contribution in [0, 0.1) is 12.8 Å². The van der Waals surface area contributed by atoms with Crippen molar-refractivity contribution in [3.63, 3.8) is 0 Å². The molecule has 0 amide bonds. The average Bonchev–Trinajstić information content (AvgIpc) is 2.84. The van der Waals surface area contributed by atoms with E-state index in [1.807, 2.05) is 24.3 Å². The zero-order chi connectivity index (χ0) is 23.8. The first-order valence-corrected chi connectivity index (χ1v) is 12.1. The summed E-state index contributed by atoms with van der Waals surface area (Å²) in [4.78, 5) is 15.6. The Labute approximate surface area is 199 Å². The van der Waals surface area contributed by atoms with E-state index >= 15 is 0 Å². The van der Waals surface area contributed by atoms with Crippen molar-refractivity contribution in [3.8, 4) is 5.75 Å². The van der Waals surface area contributed by atoms with E-state index in [1.165, 1.54) is 23.8 Å². The van der Waals surface area contributed by atoms with Crippen LogP contribution >= 0.6 is 0 Å². The van der Waals surface area contributed by atoms with Crippen molar-refractivity contribution >= 4 is 12.0 Å². The number of nitrogens with zero attached hydrogens (tertiary/aromatic N) is 1. The lowest BCUT2D eigenvalue weighted by Crippen LogP contribution is -2.43. The molecule has 178 valence electrons. The molecule has 0 bridgehead atoms. The van der Waals surface area contributed by atoms with Gasteiger partial charge in [0.2, 0.25) is 0 Å². The predicted octanol–water partition coefficient (Wildman–Crippen LogP) is 6.03. The van der Waals surface area contributed by atoms with Crippen molar-refractivity contribution < 1.29 is 14.3 Å². The fourth-order valence-electron chi connectivity index (χ4n) is 5.05. The van der Waals surface area contributed by atoms with Crippen LogP contribution in [0.15, 0.2) is 54.1 Å². The van der Waals surface area contributed by atoms with Crippen LogP contribution in [0.25, 0.3) is 6.08 Å². The first kappa shape index (κ1) is 25.0. The summed E-state index contributed by atoms with van der Waals surface area (Å²) >= 11 is 0. The maximum atomic E-state index is 13.1. The number of aryl methyl sites for hydroxylation is 1. The van der Waals surface area contributed by atoms with Gasteiger partial charge in [-0.2, -0.15) is 0 Å². The molecule has 0 aliphatic carbocycles. The van der Waals surface area contributed by atoms with Gasteiger partial charge in [-0.05, 0) is 73.9 Å². The van der Waals surface area contributed by atoms with Crippen molar-refractivity contribution in [1.82, 2.24) is 4.90 Å². The number of likely N-dealkylation sites (tertiary alicyclic amines) is 1. The molecule has 1 saturated heterocycles. The van der Waals surface area contributed by atoms with Gasteiger partial charge < -0.3 is 14.4 Å². The Morgan fingerprint density at radius 1 is 1.06 bits per heavy atom. The van der Waals surface area contributed by atoms with Crippen molar-refractivity contribution in [2.24, 2.45) is 5.92 Å². The highest BCUT2D eigenvalue weighted by molar-refractivity contribution is 5.83. The summed E-state index contributed by atoms with van der Waals surface area (Å²) in [7, 11) is 3.15. The van der Waals surface area contributed by atoms with Gasteiger partial charge in [0, 0.05) is 13.1 Å². The molecular weight excluding hydrogens is 410 g/mol. The Morgan fingerprint density at radius 3 is 2.30 bits per heavy atom. The van der Waals surface area contributed by atoms with Crippen LogP contribution in [0.5, 0.6) is 5.75 Å². The zero-order valence-corrected chi connectivity index (χ0v) is 20.9. The van der Waals surface area contributed by atoms with Gasteiger partial charge in [-0.15, -0.1) is 0 Å². The first-order chi connectivity index (χ1) is 15.9. The lowest BCUT2D eigenvalue weighted by molar-refractivity contribution is -0.150. The van der Waals surface area contributed by atoms with Crippen LogP contribution in [-0.4, -0.2) is 44.7 Å². The number of rotatable bonds is 9. The lowest BCUT2D eigenvalue weighted by atomic mass is 9.68. The molecule has 2 aromatic rings. The third kappa shape index (κ3) is 5.86. The third-order valence-corrected chi connectivity index (χ3v) is 7.23. The summed E-state index contributed by atoms with van der Waals surface area (Å²) in [5.41, 5.74) is 4.56. The standard InChI is InChI=1S/C29H39NO3/c1-22(2)29(28(31)33-5,26-11-13-27(32-4)14-12-26)17-8-18-30-19-15-24(16-20-30)21-25-10-7-6-9-23(25)3/h6-7,9-14,21-22H,8,15-20H2,1-5H3. The number of carbonyl (C=O) groups is 1. The Bertz CT molecular complexity index is 938. The molecule has 3 rings (SSSR count). The lowest BCUT2D eigenvalue weighted by Gasteiger charge is -2.36. The number of hydrogen-bond acceptors (Lipinski definition) is 4. The summed E-state index contributed by atoms with van der Waals surface area (Å²) in [6, 6.07) is 16.5. The molecule has 1 aliphatic heterocycles. The molecule has 0 spiro atoms.